The van der Waals surface area contributed by atoms with E-state index in [2.05, 4.69) is 0 Å². The van der Waals surface area contributed by atoms with Crippen molar-refractivity contribution in [1.29, 1.82) is 0 Å². The summed E-state index contributed by atoms with van der Waals surface area (Å²) >= 11 is 0. The lowest BCUT2D eigenvalue weighted by molar-refractivity contribution is -0.137. The van der Waals surface area contributed by atoms with Gasteiger partial charge in [0.05, 0.1) is 11.7 Å². The highest BCUT2D eigenvalue weighted by Crippen LogP contribution is 2.30. The second kappa shape index (κ2) is 5.91. The average Bonchev–Trinajstić information content (AvgIpc) is 2.26. The molecule has 2 nitrogen and oxygen atoms in total. The number of halogens is 3. The van der Waals surface area contributed by atoms with Crippen molar-refractivity contribution in [3.8, 4) is 5.75 Å². The van der Waals surface area contributed by atoms with E-state index in [1.54, 1.807) is 0 Å². The van der Waals surface area contributed by atoms with Gasteiger partial charge in [-0.05, 0) is 30.7 Å². The molecule has 0 aliphatic carbocycles. The van der Waals surface area contributed by atoms with Crippen molar-refractivity contribution in [1.82, 2.24) is 0 Å². The molecule has 0 saturated carbocycles. The van der Waals surface area contributed by atoms with Gasteiger partial charge in [0.1, 0.15) is 12.4 Å². The first-order valence-corrected chi connectivity index (χ1v) is 5.41. The van der Waals surface area contributed by atoms with Gasteiger partial charge in [-0.15, -0.1) is 0 Å². The molecule has 17 heavy (non-hydrogen) atoms. The standard InChI is InChI=1S/C12H15F3O2/c1-2-3-10(16)8-17-11-6-4-9(5-7-11)12(13,14)15/h4-7,10,16H,2-3,8H2,1H3. The predicted molar refractivity (Wildman–Crippen MR) is 57.9 cm³/mol. The molecule has 0 heterocycles. The SMILES string of the molecule is CCCC(O)COc1ccc(C(F)(F)F)cc1. The van der Waals surface area contributed by atoms with Crippen molar-refractivity contribution >= 4 is 0 Å². The van der Waals surface area contributed by atoms with Crippen LogP contribution in [0.2, 0.25) is 0 Å². The summed E-state index contributed by atoms with van der Waals surface area (Å²) < 4.78 is 41.9. The maximum Gasteiger partial charge on any atom is 0.416 e. The van der Waals surface area contributed by atoms with Gasteiger partial charge in [-0.2, -0.15) is 13.2 Å². The van der Waals surface area contributed by atoms with E-state index >= 15 is 0 Å². The number of ether oxygens (including phenoxy) is 1. The van der Waals surface area contributed by atoms with Crippen molar-refractivity contribution < 1.29 is 23.0 Å². The topological polar surface area (TPSA) is 29.5 Å². The van der Waals surface area contributed by atoms with Crippen molar-refractivity contribution in [3.63, 3.8) is 0 Å². The molecule has 0 aliphatic rings. The number of alkyl halides is 3. The second-order valence-corrected chi connectivity index (χ2v) is 3.78. The Labute approximate surface area is 98.0 Å². The van der Waals surface area contributed by atoms with Crippen LogP contribution < -0.4 is 4.74 Å². The third kappa shape index (κ3) is 4.65. The third-order valence-electron chi connectivity index (χ3n) is 2.25. The van der Waals surface area contributed by atoms with Gasteiger partial charge in [-0.1, -0.05) is 13.3 Å². The molecule has 0 radical (unpaired) electrons. The van der Waals surface area contributed by atoms with Gasteiger partial charge in [-0.3, -0.25) is 0 Å². The molecular formula is C12H15F3O2. The van der Waals surface area contributed by atoms with Crippen LogP contribution in [0.1, 0.15) is 25.3 Å². The Hall–Kier alpha value is -1.23. The molecule has 0 bridgehead atoms. The normalized spacial score (nSPS) is 13.5. The summed E-state index contributed by atoms with van der Waals surface area (Å²) in [4.78, 5) is 0. The zero-order valence-electron chi connectivity index (χ0n) is 9.50. The van der Waals surface area contributed by atoms with Crippen LogP contribution in [-0.2, 0) is 6.18 Å². The summed E-state index contributed by atoms with van der Waals surface area (Å²) in [5, 5.41) is 9.39. The van der Waals surface area contributed by atoms with Gasteiger partial charge in [0.25, 0.3) is 0 Å². The molecule has 0 aromatic heterocycles. The minimum Gasteiger partial charge on any atom is -0.491 e. The number of benzene rings is 1. The smallest absolute Gasteiger partial charge is 0.416 e. The Balaban J connectivity index is 2.51. The first-order valence-electron chi connectivity index (χ1n) is 5.41. The number of aliphatic hydroxyl groups excluding tert-OH is 1. The summed E-state index contributed by atoms with van der Waals surface area (Å²) in [6.45, 7) is 2.03. The molecule has 1 rings (SSSR count). The summed E-state index contributed by atoms with van der Waals surface area (Å²) in [6, 6.07) is 4.42. The molecule has 1 aromatic rings. The number of hydrogen-bond acceptors (Lipinski definition) is 2. The van der Waals surface area contributed by atoms with Gasteiger partial charge in [0.2, 0.25) is 0 Å². The minimum atomic E-state index is -4.33. The summed E-state index contributed by atoms with van der Waals surface area (Å²) in [5.74, 6) is 0.327. The second-order valence-electron chi connectivity index (χ2n) is 3.78. The number of aliphatic hydroxyl groups is 1. The Kier molecular flexibility index (Phi) is 4.81. The highest BCUT2D eigenvalue weighted by atomic mass is 19.4. The molecule has 1 unspecified atom stereocenters. The first-order chi connectivity index (χ1) is 7.93. The minimum absolute atomic E-state index is 0.0964. The van der Waals surface area contributed by atoms with Crippen molar-refractivity contribution in [2.75, 3.05) is 6.61 Å². The summed E-state index contributed by atoms with van der Waals surface area (Å²) in [6.07, 6.45) is -3.47. The maximum absolute atomic E-state index is 12.3. The van der Waals surface area contributed by atoms with E-state index in [4.69, 9.17) is 4.74 Å². The fourth-order valence-corrected chi connectivity index (χ4v) is 1.35. The monoisotopic (exact) mass is 248 g/mol. The lowest BCUT2D eigenvalue weighted by Gasteiger charge is -2.12. The molecule has 1 aromatic carbocycles. The van der Waals surface area contributed by atoms with Crippen molar-refractivity contribution in [2.24, 2.45) is 0 Å². The molecule has 0 aliphatic heterocycles. The fraction of sp³-hybridized carbons (Fsp3) is 0.500. The lowest BCUT2D eigenvalue weighted by atomic mass is 10.2. The first kappa shape index (κ1) is 13.8. The zero-order valence-corrected chi connectivity index (χ0v) is 9.50. The lowest BCUT2D eigenvalue weighted by Crippen LogP contribution is -2.17. The number of hydrogen-bond donors (Lipinski definition) is 1. The molecule has 0 saturated heterocycles. The Morgan fingerprint density at radius 2 is 1.82 bits per heavy atom. The predicted octanol–water partition coefficient (Wildman–Crippen LogP) is 3.25. The van der Waals surface area contributed by atoms with Gasteiger partial charge in [-0.25, -0.2) is 0 Å². The molecule has 0 amide bonds. The van der Waals surface area contributed by atoms with Crippen LogP contribution in [0.25, 0.3) is 0 Å². The van der Waals surface area contributed by atoms with Crippen molar-refractivity contribution in [3.05, 3.63) is 29.8 Å². The molecule has 0 fully saturated rings. The highest BCUT2D eigenvalue weighted by Gasteiger charge is 2.29. The molecule has 0 spiro atoms. The summed E-state index contributed by atoms with van der Waals surface area (Å²) in [5.41, 5.74) is -0.709. The highest BCUT2D eigenvalue weighted by molar-refractivity contribution is 5.28. The van der Waals surface area contributed by atoms with E-state index in [1.807, 2.05) is 6.92 Å². The average molecular weight is 248 g/mol. The van der Waals surface area contributed by atoms with Gasteiger partial charge < -0.3 is 9.84 Å². The quantitative estimate of drug-likeness (QED) is 0.866. The zero-order chi connectivity index (χ0) is 12.9. The molecule has 1 atom stereocenters. The molecule has 96 valence electrons. The van der Waals surface area contributed by atoms with Crippen LogP contribution in [0.5, 0.6) is 5.75 Å². The van der Waals surface area contributed by atoms with E-state index in [1.165, 1.54) is 12.1 Å². The van der Waals surface area contributed by atoms with Crippen molar-refractivity contribution in [2.45, 2.75) is 32.0 Å². The van der Waals surface area contributed by atoms with E-state index in [9.17, 15) is 18.3 Å². The van der Waals surface area contributed by atoms with Gasteiger partial charge in [0, 0.05) is 0 Å². The van der Waals surface area contributed by atoms with Gasteiger partial charge >= 0.3 is 6.18 Å². The van der Waals surface area contributed by atoms with Gasteiger partial charge in [0.15, 0.2) is 0 Å². The third-order valence-corrected chi connectivity index (χ3v) is 2.25. The van der Waals surface area contributed by atoms with Crippen LogP contribution in [0.3, 0.4) is 0 Å². The Morgan fingerprint density at radius 1 is 1.24 bits per heavy atom. The van der Waals surface area contributed by atoms with E-state index < -0.39 is 17.8 Å². The molecule has 1 N–H and O–H groups in total. The van der Waals surface area contributed by atoms with Crippen LogP contribution in [-0.4, -0.2) is 17.8 Å². The van der Waals surface area contributed by atoms with E-state index in [-0.39, 0.29) is 6.61 Å². The van der Waals surface area contributed by atoms with E-state index in [0.717, 1.165) is 18.6 Å². The fourth-order valence-electron chi connectivity index (χ4n) is 1.35. The largest absolute Gasteiger partial charge is 0.491 e. The van der Waals surface area contributed by atoms with Crippen LogP contribution in [0, 0.1) is 0 Å². The van der Waals surface area contributed by atoms with Crippen LogP contribution >= 0.6 is 0 Å². The Morgan fingerprint density at radius 3 is 2.29 bits per heavy atom. The van der Waals surface area contributed by atoms with Crippen LogP contribution in [0.15, 0.2) is 24.3 Å². The molecular weight excluding hydrogens is 233 g/mol. The maximum atomic E-state index is 12.3. The Bertz CT molecular complexity index is 333. The molecule has 5 heteroatoms. The van der Waals surface area contributed by atoms with Crippen LogP contribution in [0.4, 0.5) is 13.2 Å². The summed E-state index contributed by atoms with van der Waals surface area (Å²) in [7, 11) is 0. The van der Waals surface area contributed by atoms with E-state index in [0.29, 0.717) is 12.2 Å². The number of rotatable bonds is 5.